The molecule has 0 fully saturated rings. The van der Waals surface area contributed by atoms with Gasteiger partial charge in [-0.2, -0.15) is 10.5 Å². The van der Waals surface area contributed by atoms with Crippen LogP contribution < -0.4 is 10.6 Å². The second-order valence-electron chi connectivity index (χ2n) is 4.17. The Bertz CT molecular complexity index is 605. The highest BCUT2D eigenvalue weighted by molar-refractivity contribution is 5.58. The molecule has 0 atom stereocenters. The van der Waals surface area contributed by atoms with Crippen LogP contribution in [-0.2, 0) is 0 Å². The lowest BCUT2D eigenvalue weighted by molar-refractivity contribution is 1.08. The molecule has 4 heteroatoms. The van der Waals surface area contributed by atoms with Gasteiger partial charge in [0.25, 0.3) is 0 Å². The second-order valence-corrected chi connectivity index (χ2v) is 4.17. The van der Waals surface area contributed by atoms with Crippen molar-refractivity contribution in [2.24, 2.45) is 0 Å². The summed E-state index contributed by atoms with van der Waals surface area (Å²) in [6, 6.07) is 19.1. The van der Waals surface area contributed by atoms with E-state index in [1.165, 1.54) is 0 Å². The van der Waals surface area contributed by atoms with Gasteiger partial charge in [0, 0.05) is 13.1 Å². The Balaban J connectivity index is 1.88. The molecular weight excluding hydrogens is 248 g/mol. The van der Waals surface area contributed by atoms with Crippen LogP contribution in [0.25, 0.3) is 0 Å². The third kappa shape index (κ3) is 3.28. The minimum atomic E-state index is 0.630. The van der Waals surface area contributed by atoms with Gasteiger partial charge in [0.05, 0.1) is 22.5 Å². The first kappa shape index (κ1) is 13.5. The molecule has 2 rings (SSSR count). The van der Waals surface area contributed by atoms with Crippen molar-refractivity contribution in [2.75, 3.05) is 23.7 Å². The maximum Gasteiger partial charge on any atom is 0.101 e. The molecule has 4 nitrogen and oxygen atoms in total. The van der Waals surface area contributed by atoms with Crippen LogP contribution in [0.15, 0.2) is 48.5 Å². The topological polar surface area (TPSA) is 71.6 Å². The molecule has 0 aliphatic carbocycles. The Labute approximate surface area is 118 Å². The fourth-order valence-electron chi connectivity index (χ4n) is 1.86. The lowest BCUT2D eigenvalue weighted by Gasteiger charge is -2.10. The summed E-state index contributed by atoms with van der Waals surface area (Å²) in [5.74, 6) is 0. The van der Waals surface area contributed by atoms with Gasteiger partial charge >= 0.3 is 0 Å². The SMILES string of the molecule is N#Cc1ccccc1NCCNc1ccccc1C#N. The Morgan fingerprint density at radius 3 is 1.50 bits per heavy atom. The van der Waals surface area contributed by atoms with Crippen LogP contribution >= 0.6 is 0 Å². The molecule has 0 amide bonds. The number of nitrogens with one attached hydrogen (secondary N) is 2. The number of nitrogens with zero attached hydrogens (tertiary/aromatic N) is 2. The lowest BCUT2D eigenvalue weighted by Crippen LogP contribution is -2.14. The van der Waals surface area contributed by atoms with Crippen LogP contribution in [-0.4, -0.2) is 13.1 Å². The van der Waals surface area contributed by atoms with Crippen LogP contribution in [0.4, 0.5) is 11.4 Å². The first-order valence-corrected chi connectivity index (χ1v) is 6.31. The lowest BCUT2D eigenvalue weighted by atomic mass is 10.2. The van der Waals surface area contributed by atoms with Crippen LogP contribution in [0.3, 0.4) is 0 Å². The third-order valence-corrected chi connectivity index (χ3v) is 2.85. The van der Waals surface area contributed by atoms with Crippen molar-refractivity contribution in [3.63, 3.8) is 0 Å². The average Bonchev–Trinajstić information content (AvgIpc) is 2.52. The summed E-state index contributed by atoms with van der Waals surface area (Å²) in [7, 11) is 0. The van der Waals surface area contributed by atoms with E-state index in [9.17, 15) is 0 Å². The number of para-hydroxylation sites is 2. The Morgan fingerprint density at radius 1 is 0.700 bits per heavy atom. The van der Waals surface area contributed by atoms with Gasteiger partial charge in [0.15, 0.2) is 0 Å². The van der Waals surface area contributed by atoms with Crippen molar-refractivity contribution in [2.45, 2.75) is 0 Å². The molecule has 0 radical (unpaired) electrons. The normalized spacial score (nSPS) is 9.30. The summed E-state index contributed by atoms with van der Waals surface area (Å²) in [5, 5.41) is 24.4. The van der Waals surface area contributed by atoms with E-state index in [0.29, 0.717) is 24.2 Å². The summed E-state index contributed by atoms with van der Waals surface area (Å²) in [4.78, 5) is 0. The number of hydrogen-bond acceptors (Lipinski definition) is 4. The fraction of sp³-hybridized carbons (Fsp3) is 0.125. The van der Waals surface area contributed by atoms with Gasteiger partial charge in [-0.25, -0.2) is 0 Å². The maximum atomic E-state index is 8.98. The molecule has 0 saturated heterocycles. The van der Waals surface area contributed by atoms with Crippen LogP contribution in [0.2, 0.25) is 0 Å². The summed E-state index contributed by atoms with van der Waals surface area (Å²) in [6.07, 6.45) is 0. The molecule has 2 aromatic rings. The van der Waals surface area contributed by atoms with E-state index >= 15 is 0 Å². The highest BCUT2D eigenvalue weighted by Crippen LogP contribution is 2.14. The van der Waals surface area contributed by atoms with Gasteiger partial charge in [-0.3, -0.25) is 0 Å². The molecule has 2 aromatic carbocycles. The Morgan fingerprint density at radius 2 is 1.10 bits per heavy atom. The molecule has 2 N–H and O–H groups in total. The molecule has 0 saturated carbocycles. The summed E-state index contributed by atoms with van der Waals surface area (Å²) in [6.45, 7) is 1.33. The van der Waals surface area contributed by atoms with Crippen molar-refractivity contribution < 1.29 is 0 Å². The van der Waals surface area contributed by atoms with Gasteiger partial charge < -0.3 is 10.6 Å². The van der Waals surface area contributed by atoms with Gasteiger partial charge in [-0.15, -0.1) is 0 Å². The highest BCUT2D eigenvalue weighted by Gasteiger charge is 2.01. The van der Waals surface area contributed by atoms with Crippen molar-refractivity contribution >= 4 is 11.4 Å². The molecule has 0 unspecified atom stereocenters. The number of benzene rings is 2. The van der Waals surface area contributed by atoms with Gasteiger partial charge in [-0.1, -0.05) is 24.3 Å². The first-order chi connectivity index (χ1) is 9.85. The minimum absolute atomic E-state index is 0.630. The highest BCUT2D eigenvalue weighted by atomic mass is 14.9. The summed E-state index contributed by atoms with van der Waals surface area (Å²) < 4.78 is 0. The van der Waals surface area contributed by atoms with Gasteiger partial charge in [0.2, 0.25) is 0 Å². The molecular formula is C16H14N4. The van der Waals surface area contributed by atoms with E-state index in [-0.39, 0.29) is 0 Å². The molecule has 0 heterocycles. The molecule has 0 aliphatic rings. The van der Waals surface area contributed by atoms with Crippen molar-refractivity contribution in [3.05, 3.63) is 59.7 Å². The Kier molecular flexibility index (Phi) is 4.59. The van der Waals surface area contributed by atoms with Crippen LogP contribution in [0.1, 0.15) is 11.1 Å². The standard InChI is InChI=1S/C16H14N4/c17-11-13-5-1-3-7-15(13)19-9-10-20-16-8-4-2-6-14(16)12-18/h1-8,19-20H,9-10H2. The van der Waals surface area contributed by atoms with Gasteiger partial charge in [-0.05, 0) is 24.3 Å². The number of rotatable bonds is 5. The van der Waals surface area contributed by atoms with Crippen molar-refractivity contribution in [1.29, 1.82) is 10.5 Å². The third-order valence-electron chi connectivity index (χ3n) is 2.85. The number of anilines is 2. The zero-order chi connectivity index (χ0) is 14.2. The zero-order valence-corrected chi connectivity index (χ0v) is 10.9. The van der Waals surface area contributed by atoms with E-state index in [1.54, 1.807) is 12.1 Å². The number of nitriles is 2. The first-order valence-electron chi connectivity index (χ1n) is 6.31. The van der Waals surface area contributed by atoms with E-state index in [2.05, 4.69) is 22.8 Å². The Hall–Kier alpha value is -2.98. The molecule has 0 spiro atoms. The van der Waals surface area contributed by atoms with Crippen LogP contribution in [0.5, 0.6) is 0 Å². The van der Waals surface area contributed by atoms with E-state index < -0.39 is 0 Å². The minimum Gasteiger partial charge on any atom is -0.382 e. The summed E-state index contributed by atoms with van der Waals surface area (Å²) >= 11 is 0. The predicted molar refractivity (Wildman–Crippen MR) is 79.3 cm³/mol. The summed E-state index contributed by atoms with van der Waals surface area (Å²) in [5.41, 5.74) is 2.91. The molecule has 0 aliphatic heterocycles. The fourth-order valence-corrected chi connectivity index (χ4v) is 1.86. The monoisotopic (exact) mass is 262 g/mol. The van der Waals surface area contributed by atoms with Crippen molar-refractivity contribution in [1.82, 2.24) is 0 Å². The largest absolute Gasteiger partial charge is 0.382 e. The van der Waals surface area contributed by atoms with E-state index in [4.69, 9.17) is 10.5 Å². The van der Waals surface area contributed by atoms with Crippen molar-refractivity contribution in [3.8, 4) is 12.1 Å². The average molecular weight is 262 g/mol. The maximum absolute atomic E-state index is 8.98. The molecule has 0 aromatic heterocycles. The quantitative estimate of drug-likeness (QED) is 0.813. The molecule has 0 bridgehead atoms. The van der Waals surface area contributed by atoms with Gasteiger partial charge in [0.1, 0.15) is 12.1 Å². The van der Waals surface area contributed by atoms with E-state index in [1.807, 2.05) is 36.4 Å². The number of hydrogen-bond donors (Lipinski definition) is 2. The van der Waals surface area contributed by atoms with E-state index in [0.717, 1.165) is 11.4 Å². The zero-order valence-electron chi connectivity index (χ0n) is 10.9. The molecule has 98 valence electrons. The smallest absolute Gasteiger partial charge is 0.101 e. The van der Waals surface area contributed by atoms with Crippen LogP contribution in [0, 0.1) is 22.7 Å². The predicted octanol–water partition coefficient (Wildman–Crippen LogP) is 2.95. The molecule has 20 heavy (non-hydrogen) atoms. The second kappa shape index (κ2) is 6.82.